The molecule has 20 heavy (non-hydrogen) atoms. The molecule has 106 valence electrons. The third-order valence-corrected chi connectivity index (χ3v) is 5.80. The van der Waals surface area contributed by atoms with Gasteiger partial charge in [-0.3, -0.25) is 14.9 Å². The maximum atomic E-state index is 12.4. The van der Waals surface area contributed by atoms with E-state index in [0.717, 1.165) is 22.9 Å². The SMILES string of the molecule is CC1(C2(C)CC(=O)NC(=O)C2c2ccc(Br)cc2)CC1. The van der Waals surface area contributed by atoms with Gasteiger partial charge in [-0.1, -0.05) is 41.9 Å². The average molecular weight is 336 g/mol. The van der Waals surface area contributed by atoms with Crippen molar-refractivity contribution in [1.29, 1.82) is 0 Å². The van der Waals surface area contributed by atoms with E-state index >= 15 is 0 Å². The van der Waals surface area contributed by atoms with Crippen LogP contribution in [0.1, 0.15) is 44.6 Å². The number of carbonyl (C=O) groups excluding carboxylic acids is 2. The van der Waals surface area contributed by atoms with Crippen molar-refractivity contribution in [2.24, 2.45) is 10.8 Å². The molecular formula is C16H18BrNO2. The molecule has 2 amide bonds. The molecule has 1 aliphatic heterocycles. The topological polar surface area (TPSA) is 46.2 Å². The summed E-state index contributed by atoms with van der Waals surface area (Å²) in [6.45, 7) is 4.30. The third kappa shape index (κ3) is 2.01. The van der Waals surface area contributed by atoms with Gasteiger partial charge in [0.2, 0.25) is 11.8 Å². The summed E-state index contributed by atoms with van der Waals surface area (Å²) < 4.78 is 0.993. The number of hydrogen-bond donors (Lipinski definition) is 1. The van der Waals surface area contributed by atoms with E-state index in [1.54, 1.807) is 0 Å². The van der Waals surface area contributed by atoms with E-state index in [9.17, 15) is 9.59 Å². The highest BCUT2D eigenvalue weighted by Crippen LogP contribution is 2.65. The van der Waals surface area contributed by atoms with Gasteiger partial charge in [-0.2, -0.15) is 0 Å². The monoisotopic (exact) mass is 335 g/mol. The maximum Gasteiger partial charge on any atom is 0.234 e. The molecule has 1 aliphatic carbocycles. The molecule has 1 saturated heterocycles. The Hall–Kier alpha value is -1.16. The molecule has 1 aromatic carbocycles. The third-order valence-electron chi connectivity index (χ3n) is 5.27. The molecule has 0 aromatic heterocycles. The fraction of sp³-hybridized carbons (Fsp3) is 0.500. The van der Waals surface area contributed by atoms with E-state index in [-0.39, 0.29) is 28.6 Å². The van der Waals surface area contributed by atoms with Crippen molar-refractivity contribution in [1.82, 2.24) is 5.32 Å². The van der Waals surface area contributed by atoms with Crippen molar-refractivity contribution in [2.45, 2.75) is 39.0 Å². The number of piperidine rings is 1. The predicted octanol–water partition coefficient (Wildman–Crippen LogP) is 3.39. The van der Waals surface area contributed by atoms with Gasteiger partial charge in [0.05, 0.1) is 5.92 Å². The lowest BCUT2D eigenvalue weighted by Crippen LogP contribution is -2.52. The highest BCUT2D eigenvalue weighted by Gasteiger charge is 2.61. The van der Waals surface area contributed by atoms with Gasteiger partial charge in [0.1, 0.15) is 0 Å². The molecule has 2 unspecified atom stereocenters. The standard InChI is InChI=1S/C16H18BrNO2/c1-15(7-8-15)16(2)9-12(19)18-14(20)13(16)10-3-5-11(17)6-4-10/h3-6,13H,7-9H2,1-2H3,(H,18,19,20). The van der Waals surface area contributed by atoms with Gasteiger partial charge in [-0.05, 0) is 41.4 Å². The lowest BCUT2D eigenvalue weighted by atomic mass is 9.60. The number of halogens is 1. The second-order valence-electron chi connectivity index (χ2n) is 6.55. The summed E-state index contributed by atoms with van der Waals surface area (Å²) >= 11 is 3.42. The zero-order valence-corrected chi connectivity index (χ0v) is 13.3. The molecule has 3 nitrogen and oxygen atoms in total. The molecule has 2 atom stereocenters. The Bertz CT molecular complexity index is 577. The fourth-order valence-corrected chi connectivity index (χ4v) is 3.74. The van der Waals surface area contributed by atoms with Crippen molar-refractivity contribution in [2.75, 3.05) is 0 Å². The van der Waals surface area contributed by atoms with Crippen molar-refractivity contribution in [3.8, 4) is 0 Å². The van der Waals surface area contributed by atoms with Gasteiger partial charge in [-0.25, -0.2) is 0 Å². The Balaban J connectivity index is 2.06. The van der Waals surface area contributed by atoms with Crippen LogP contribution in [0, 0.1) is 10.8 Å². The van der Waals surface area contributed by atoms with Crippen molar-refractivity contribution in [3.63, 3.8) is 0 Å². The zero-order valence-electron chi connectivity index (χ0n) is 11.7. The minimum atomic E-state index is -0.291. The van der Waals surface area contributed by atoms with Crippen LogP contribution in [0.4, 0.5) is 0 Å². The Labute approximate surface area is 127 Å². The minimum Gasteiger partial charge on any atom is -0.296 e. The van der Waals surface area contributed by atoms with E-state index in [1.165, 1.54) is 0 Å². The minimum absolute atomic E-state index is 0.0954. The van der Waals surface area contributed by atoms with Crippen LogP contribution in [0.25, 0.3) is 0 Å². The van der Waals surface area contributed by atoms with Gasteiger partial charge in [0, 0.05) is 10.9 Å². The molecule has 1 heterocycles. The lowest BCUT2D eigenvalue weighted by molar-refractivity contribution is -0.142. The molecule has 2 aliphatic rings. The lowest BCUT2D eigenvalue weighted by Gasteiger charge is -2.45. The Morgan fingerprint density at radius 1 is 1.15 bits per heavy atom. The fourth-order valence-electron chi connectivity index (χ4n) is 3.47. The molecule has 4 heteroatoms. The van der Waals surface area contributed by atoms with E-state index < -0.39 is 0 Å². The van der Waals surface area contributed by atoms with Gasteiger partial charge in [0.15, 0.2) is 0 Å². The quantitative estimate of drug-likeness (QED) is 0.842. The number of amides is 2. The molecular weight excluding hydrogens is 318 g/mol. The highest BCUT2D eigenvalue weighted by molar-refractivity contribution is 9.10. The van der Waals surface area contributed by atoms with Crippen molar-refractivity contribution in [3.05, 3.63) is 34.3 Å². The first-order chi connectivity index (χ1) is 9.36. The molecule has 0 bridgehead atoms. The molecule has 0 spiro atoms. The van der Waals surface area contributed by atoms with Crippen molar-refractivity contribution >= 4 is 27.7 Å². The van der Waals surface area contributed by atoms with Crippen LogP contribution < -0.4 is 5.32 Å². The maximum absolute atomic E-state index is 12.4. The van der Waals surface area contributed by atoms with Crippen LogP contribution in [0.5, 0.6) is 0 Å². The molecule has 1 aromatic rings. The smallest absolute Gasteiger partial charge is 0.234 e. The Kier molecular flexibility index (Phi) is 3.05. The summed E-state index contributed by atoms with van der Waals surface area (Å²) in [5, 5.41) is 2.51. The summed E-state index contributed by atoms with van der Waals surface area (Å²) in [5.74, 6) is -0.543. The second kappa shape index (κ2) is 4.42. The predicted molar refractivity (Wildman–Crippen MR) is 80.1 cm³/mol. The Morgan fingerprint density at radius 2 is 1.75 bits per heavy atom. The summed E-state index contributed by atoms with van der Waals surface area (Å²) in [7, 11) is 0. The van der Waals surface area contributed by atoms with Gasteiger partial charge < -0.3 is 0 Å². The van der Waals surface area contributed by atoms with Crippen LogP contribution in [-0.2, 0) is 9.59 Å². The first-order valence-electron chi connectivity index (χ1n) is 6.95. The van der Waals surface area contributed by atoms with E-state index in [2.05, 4.69) is 35.1 Å². The molecule has 3 rings (SSSR count). The largest absolute Gasteiger partial charge is 0.296 e. The van der Waals surface area contributed by atoms with Crippen LogP contribution in [0.3, 0.4) is 0 Å². The molecule has 1 N–H and O–H groups in total. The molecule has 1 saturated carbocycles. The van der Waals surface area contributed by atoms with Crippen LogP contribution in [0.2, 0.25) is 0 Å². The normalized spacial score (nSPS) is 31.9. The first-order valence-corrected chi connectivity index (χ1v) is 7.74. The highest BCUT2D eigenvalue weighted by atomic mass is 79.9. The number of nitrogens with one attached hydrogen (secondary N) is 1. The van der Waals surface area contributed by atoms with Crippen LogP contribution in [0.15, 0.2) is 28.7 Å². The Morgan fingerprint density at radius 3 is 2.30 bits per heavy atom. The summed E-state index contributed by atoms with van der Waals surface area (Å²) in [5.41, 5.74) is 0.798. The summed E-state index contributed by atoms with van der Waals surface area (Å²) in [6, 6.07) is 7.87. The number of imide groups is 1. The number of benzene rings is 1. The summed E-state index contributed by atoms with van der Waals surface area (Å²) in [4.78, 5) is 24.3. The van der Waals surface area contributed by atoms with Crippen LogP contribution in [-0.4, -0.2) is 11.8 Å². The van der Waals surface area contributed by atoms with Gasteiger partial charge in [-0.15, -0.1) is 0 Å². The molecule has 0 radical (unpaired) electrons. The van der Waals surface area contributed by atoms with Crippen LogP contribution >= 0.6 is 15.9 Å². The number of hydrogen-bond acceptors (Lipinski definition) is 2. The number of carbonyl (C=O) groups is 2. The average Bonchev–Trinajstić information content (AvgIpc) is 3.10. The van der Waals surface area contributed by atoms with Crippen molar-refractivity contribution < 1.29 is 9.59 Å². The first kappa shape index (κ1) is 13.8. The summed E-state index contributed by atoms with van der Waals surface area (Å²) in [6.07, 6.45) is 2.62. The van der Waals surface area contributed by atoms with Gasteiger partial charge in [0.25, 0.3) is 0 Å². The zero-order chi connectivity index (χ0) is 14.5. The van der Waals surface area contributed by atoms with Gasteiger partial charge >= 0.3 is 0 Å². The second-order valence-corrected chi connectivity index (χ2v) is 7.47. The molecule has 2 fully saturated rings. The van der Waals surface area contributed by atoms with E-state index in [0.29, 0.717) is 6.42 Å². The van der Waals surface area contributed by atoms with E-state index in [4.69, 9.17) is 0 Å². The number of rotatable bonds is 2. The van der Waals surface area contributed by atoms with E-state index in [1.807, 2.05) is 24.3 Å².